The minimum absolute atomic E-state index is 0.0312. The second-order valence-corrected chi connectivity index (χ2v) is 6.59. The molecule has 12 nitrogen and oxygen atoms in total. The number of hydrogen-bond acceptors (Lipinski definition) is 12. The maximum Gasteiger partial charge on any atom is 0.337 e. The smallest absolute Gasteiger partial charge is 0.337 e. The number of methoxy groups -OCH3 is 2. The highest BCUT2D eigenvalue weighted by Crippen LogP contribution is 2.36. The zero-order valence-electron chi connectivity index (χ0n) is 16.4. The lowest BCUT2D eigenvalue weighted by Gasteiger charge is -2.41. The minimum atomic E-state index is -1.70. The van der Waals surface area contributed by atoms with Gasteiger partial charge >= 0.3 is 11.9 Å². The van der Waals surface area contributed by atoms with Crippen LogP contribution in [0, 0.1) is 5.92 Å². The van der Waals surface area contributed by atoms with E-state index in [1.165, 1.54) is 13.2 Å². The van der Waals surface area contributed by atoms with E-state index in [4.69, 9.17) is 18.9 Å². The van der Waals surface area contributed by atoms with Crippen LogP contribution < -0.4 is 0 Å². The molecule has 0 aromatic carbocycles. The Balaban J connectivity index is 2.32. The van der Waals surface area contributed by atoms with Crippen molar-refractivity contribution in [2.24, 2.45) is 5.92 Å². The van der Waals surface area contributed by atoms with E-state index < -0.39 is 68.1 Å². The first-order valence-corrected chi connectivity index (χ1v) is 9.06. The molecule has 1 saturated heterocycles. The van der Waals surface area contributed by atoms with E-state index in [0.717, 1.165) is 13.4 Å². The summed E-state index contributed by atoms with van der Waals surface area (Å²) in [6, 6.07) is 0. The van der Waals surface area contributed by atoms with Crippen LogP contribution >= 0.6 is 0 Å². The molecule has 7 atom stereocenters. The topological polar surface area (TPSA) is 181 Å². The summed E-state index contributed by atoms with van der Waals surface area (Å²) >= 11 is 0. The molecule has 0 aliphatic carbocycles. The summed E-state index contributed by atoms with van der Waals surface area (Å²) in [6.45, 7) is -1.16. The van der Waals surface area contributed by atoms with Gasteiger partial charge in [0.2, 0.25) is 6.29 Å². The second kappa shape index (κ2) is 10.8. The fourth-order valence-corrected chi connectivity index (χ4v) is 3.18. The molecule has 2 aliphatic heterocycles. The van der Waals surface area contributed by atoms with Crippen molar-refractivity contribution in [1.29, 1.82) is 0 Å². The molecule has 0 saturated carbocycles. The maximum absolute atomic E-state index is 12.1. The average molecular weight is 434 g/mol. The van der Waals surface area contributed by atoms with Gasteiger partial charge in [-0.05, 0) is 0 Å². The van der Waals surface area contributed by atoms with E-state index in [1.807, 2.05) is 0 Å². The van der Waals surface area contributed by atoms with Gasteiger partial charge in [0, 0.05) is 11.5 Å². The lowest BCUT2D eigenvalue weighted by atomic mass is 9.86. The molecule has 0 radical (unpaired) electrons. The predicted octanol–water partition coefficient (Wildman–Crippen LogP) is -2.69. The monoisotopic (exact) mass is 434 g/mol. The van der Waals surface area contributed by atoms with Gasteiger partial charge in [0.1, 0.15) is 24.4 Å². The molecule has 0 spiro atoms. The molecule has 170 valence electrons. The minimum Gasteiger partial charge on any atom is -0.469 e. The van der Waals surface area contributed by atoms with Crippen molar-refractivity contribution in [1.82, 2.24) is 0 Å². The van der Waals surface area contributed by atoms with Gasteiger partial charge in [0.25, 0.3) is 0 Å². The number of rotatable bonds is 7. The number of carbonyl (C=O) groups excluding carboxylic acids is 2. The maximum atomic E-state index is 12.1. The fraction of sp³-hybridized carbons (Fsp3) is 0.667. The number of ether oxygens (including phenoxy) is 5. The summed E-state index contributed by atoms with van der Waals surface area (Å²) in [7, 11) is 2.31. The standard InChI is InChI=1S/C18H26O12/c1-26-12(21)5-9-8(3-4-19)17(28-7-10(9)16(25)27-2)30-18-15(24)14(23)13(22)11(6-20)29-18/h3,7,9,11,13-15,17-20,22-24H,4-6H2,1-2H3/b8-3+/t9-,11+,13+,14-,15+,17-,18-/m0/s1. The first-order chi connectivity index (χ1) is 14.3. The summed E-state index contributed by atoms with van der Waals surface area (Å²) < 4.78 is 25.6. The van der Waals surface area contributed by atoms with Crippen molar-refractivity contribution < 1.29 is 58.8 Å². The molecule has 2 heterocycles. The molecule has 5 N–H and O–H groups in total. The van der Waals surface area contributed by atoms with E-state index in [-0.39, 0.29) is 17.6 Å². The Bertz CT molecular complexity index is 672. The van der Waals surface area contributed by atoms with E-state index in [2.05, 4.69) is 4.74 Å². The lowest BCUT2D eigenvalue weighted by molar-refractivity contribution is -0.327. The van der Waals surface area contributed by atoms with Gasteiger partial charge in [-0.1, -0.05) is 6.08 Å². The van der Waals surface area contributed by atoms with Crippen molar-refractivity contribution in [3.63, 3.8) is 0 Å². The number of hydrogen-bond donors (Lipinski definition) is 5. The molecule has 1 fully saturated rings. The number of aliphatic hydroxyl groups is 5. The number of aliphatic hydroxyl groups excluding tert-OH is 5. The normalized spacial score (nSPS) is 35.4. The molecule has 0 aromatic heterocycles. The highest BCUT2D eigenvalue weighted by molar-refractivity contribution is 5.90. The Kier molecular flexibility index (Phi) is 8.73. The lowest BCUT2D eigenvalue weighted by Crippen LogP contribution is -2.60. The third-order valence-corrected chi connectivity index (χ3v) is 4.82. The SMILES string of the molecule is COC(=O)C[C@@H]1C(C(=O)OC)=CO[C@@H](O[C@@H]2O[C@H](CO)[C@@H](O)[C@H](O)[C@H]2O)/C1=C/CO. The summed E-state index contributed by atoms with van der Waals surface area (Å²) in [4.78, 5) is 24.0. The van der Waals surface area contributed by atoms with Crippen LogP contribution in [0.15, 0.2) is 23.5 Å². The van der Waals surface area contributed by atoms with Gasteiger partial charge in [-0.25, -0.2) is 4.79 Å². The van der Waals surface area contributed by atoms with E-state index in [0.29, 0.717) is 0 Å². The van der Waals surface area contributed by atoms with Crippen LogP contribution in [-0.4, -0.2) is 102 Å². The Morgan fingerprint density at radius 3 is 2.37 bits per heavy atom. The van der Waals surface area contributed by atoms with Crippen LogP contribution in [0.5, 0.6) is 0 Å². The van der Waals surface area contributed by atoms with Gasteiger partial charge in [-0.3, -0.25) is 4.79 Å². The van der Waals surface area contributed by atoms with Crippen LogP contribution in [-0.2, 0) is 33.3 Å². The van der Waals surface area contributed by atoms with Gasteiger partial charge in [-0.15, -0.1) is 0 Å². The molecule has 30 heavy (non-hydrogen) atoms. The predicted molar refractivity (Wildman–Crippen MR) is 95.1 cm³/mol. The van der Waals surface area contributed by atoms with Gasteiger partial charge in [0.05, 0.1) is 45.7 Å². The quantitative estimate of drug-likeness (QED) is 0.207. The second-order valence-electron chi connectivity index (χ2n) is 6.59. The van der Waals surface area contributed by atoms with Crippen LogP contribution in [0.1, 0.15) is 6.42 Å². The van der Waals surface area contributed by atoms with Gasteiger partial charge < -0.3 is 49.2 Å². The zero-order valence-corrected chi connectivity index (χ0v) is 16.4. The van der Waals surface area contributed by atoms with Crippen molar-refractivity contribution >= 4 is 11.9 Å². The van der Waals surface area contributed by atoms with Gasteiger partial charge in [0.15, 0.2) is 6.29 Å². The van der Waals surface area contributed by atoms with E-state index in [1.54, 1.807) is 0 Å². The summed E-state index contributed by atoms with van der Waals surface area (Å²) in [5, 5.41) is 48.7. The molecule has 12 heteroatoms. The van der Waals surface area contributed by atoms with Crippen molar-refractivity contribution in [3.8, 4) is 0 Å². The third kappa shape index (κ3) is 5.16. The molecule has 0 aromatic rings. The van der Waals surface area contributed by atoms with Crippen LogP contribution in [0.4, 0.5) is 0 Å². The molecule has 0 unspecified atom stereocenters. The summed E-state index contributed by atoms with van der Waals surface area (Å²) in [5.41, 5.74) is 0.110. The van der Waals surface area contributed by atoms with E-state index >= 15 is 0 Å². The van der Waals surface area contributed by atoms with E-state index in [9.17, 15) is 35.1 Å². The van der Waals surface area contributed by atoms with Crippen LogP contribution in [0.25, 0.3) is 0 Å². The summed E-state index contributed by atoms with van der Waals surface area (Å²) in [5.74, 6) is -2.38. The summed E-state index contributed by atoms with van der Waals surface area (Å²) in [6.07, 6.45) is -7.10. The molecule has 0 amide bonds. The Hall–Kier alpha value is -2.06. The number of esters is 2. The molecule has 2 rings (SSSR count). The largest absolute Gasteiger partial charge is 0.469 e. The van der Waals surface area contributed by atoms with Crippen LogP contribution in [0.2, 0.25) is 0 Å². The van der Waals surface area contributed by atoms with Crippen molar-refractivity contribution in [3.05, 3.63) is 23.5 Å². The highest BCUT2D eigenvalue weighted by Gasteiger charge is 2.46. The van der Waals surface area contributed by atoms with Crippen LogP contribution in [0.3, 0.4) is 0 Å². The molecular formula is C18H26O12. The molecule has 2 aliphatic rings. The Labute approximate surface area is 171 Å². The Morgan fingerprint density at radius 1 is 1.10 bits per heavy atom. The Morgan fingerprint density at radius 2 is 1.80 bits per heavy atom. The average Bonchev–Trinajstić information content (AvgIpc) is 2.75. The molecular weight excluding hydrogens is 408 g/mol. The molecule has 0 bridgehead atoms. The zero-order chi connectivity index (χ0) is 22.4. The van der Waals surface area contributed by atoms with Crippen molar-refractivity contribution in [2.75, 3.05) is 27.4 Å². The highest BCUT2D eigenvalue weighted by atomic mass is 16.8. The third-order valence-electron chi connectivity index (χ3n) is 4.82. The van der Waals surface area contributed by atoms with Gasteiger partial charge in [-0.2, -0.15) is 0 Å². The fourth-order valence-electron chi connectivity index (χ4n) is 3.18. The first-order valence-electron chi connectivity index (χ1n) is 9.06. The number of carbonyl (C=O) groups is 2. The first kappa shape index (κ1) is 24.2. The van der Waals surface area contributed by atoms with Crippen molar-refractivity contribution in [2.45, 2.75) is 43.4 Å².